The first-order chi connectivity index (χ1) is 14.3. The molecule has 4 unspecified atom stereocenters. The number of rotatable bonds is 14. The van der Waals surface area contributed by atoms with E-state index in [4.69, 9.17) is 27.4 Å². The molecular formula is C16H29N7O8. The van der Waals surface area contributed by atoms with Gasteiger partial charge in [0.2, 0.25) is 17.7 Å². The Hall–Kier alpha value is -3.46. The SMILES string of the molecule is CC(O)C(NC(=O)C(N)CCCN=C(N)N)C(=O)NCC(=O)NC(CC(=O)O)C(=O)O. The van der Waals surface area contributed by atoms with E-state index < -0.39 is 66.9 Å². The van der Waals surface area contributed by atoms with E-state index in [9.17, 15) is 29.1 Å². The minimum absolute atomic E-state index is 0.106. The van der Waals surface area contributed by atoms with Gasteiger partial charge in [-0.1, -0.05) is 0 Å². The molecule has 3 amide bonds. The molecule has 0 rings (SSSR count). The molecule has 176 valence electrons. The summed E-state index contributed by atoms with van der Waals surface area (Å²) >= 11 is 0. The maximum Gasteiger partial charge on any atom is 0.326 e. The zero-order valence-corrected chi connectivity index (χ0v) is 16.9. The minimum atomic E-state index is -1.69. The van der Waals surface area contributed by atoms with Crippen LogP contribution < -0.4 is 33.2 Å². The molecule has 0 bridgehead atoms. The number of guanidine groups is 1. The van der Waals surface area contributed by atoms with E-state index in [1.54, 1.807) is 0 Å². The maximum atomic E-state index is 12.2. The molecule has 0 aliphatic heterocycles. The smallest absolute Gasteiger partial charge is 0.326 e. The Bertz CT molecular complexity index is 693. The number of nitrogens with zero attached hydrogens (tertiary/aromatic N) is 1. The highest BCUT2D eigenvalue weighted by Gasteiger charge is 2.28. The number of aliphatic hydroxyl groups excluding tert-OH is 1. The predicted molar refractivity (Wildman–Crippen MR) is 106 cm³/mol. The topological polar surface area (TPSA) is 273 Å². The molecule has 4 atom stereocenters. The van der Waals surface area contributed by atoms with E-state index in [1.165, 1.54) is 6.92 Å². The van der Waals surface area contributed by atoms with Crippen LogP contribution >= 0.6 is 0 Å². The average Bonchev–Trinajstić information content (AvgIpc) is 2.65. The quantitative estimate of drug-likeness (QED) is 0.0693. The number of carbonyl (C=O) groups is 5. The Morgan fingerprint density at radius 1 is 1.03 bits per heavy atom. The number of aliphatic carboxylic acids is 2. The minimum Gasteiger partial charge on any atom is -0.481 e. The second-order valence-corrected chi connectivity index (χ2v) is 6.56. The Labute approximate surface area is 177 Å². The van der Waals surface area contributed by atoms with E-state index in [2.05, 4.69) is 15.6 Å². The van der Waals surface area contributed by atoms with Crippen LogP contribution in [-0.2, 0) is 24.0 Å². The number of aliphatic hydroxyl groups is 1. The van der Waals surface area contributed by atoms with Gasteiger partial charge in [-0.15, -0.1) is 0 Å². The van der Waals surface area contributed by atoms with Crippen LogP contribution in [0.25, 0.3) is 0 Å². The van der Waals surface area contributed by atoms with Crippen molar-refractivity contribution in [1.82, 2.24) is 16.0 Å². The van der Waals surface area contributed by atoms with Crippen molar-refractivity contribution in [2.75, 3.05) is 13.1 Å². The third kappa shape index (κ3) is 12.0. The lowest BCUT2D eigenvalue weighted by Gasteiger charge is -2.22. The predicted octanol–water partition coefficient (Wildman–Crippen LogP) is -4.61. The maximum absolute atomic E-state index is 12.2. The summed E-state index contributed by atoms with van der Waals surface area (Å²) in [7, 11) is 0. The summed E-state index contributed by atoms with van der Waals surface area (Å²) in [5.74, 6) is -5.76. The van der Waals surface area contributed by atoms with E-state index in [0.29, 0.717) is 6.42 Å². The standard InChI is InChI=1S/C16H29N7O8/c1-7(24)12(23-13(28)8(17)3-2-4-20-16(18)19)14(29)21-6-10(25)22-9(15(30)31)5-11(26)27/h7-9,12,24H,2-6,17H2,1H3,(H,21,29)(H,22,25)(H,23,28)(H,26,27)(H,30,31)(H4,18,19,20). The van der Waals surface area contributed by atoms with Gasteiger partial charge < -0.3 is 48.5 Å². The first-order valence-electron chi connectivity index (χ1n) is 9.16. The Balaban J connectivity index is 4.71. The summed E-state index contributed by atoms with van der Waals surface area (Å²) in [6.45, 7) is 0.756. The lowest BCUT2D eigenvalue weighted by molar-refractivity contribution is -0.147. The van der Waals surface area contributed by atoms with Crippen LogP contribution in [0.5, 0.6) is 0 Å². The Kier molecular flexibility index (Phi) is 12.2. The molecule has 15 nitrogen and oxygen atoms in total. The Morgan fingerprint density at radius 2 is 1.65 bits per heavy atom. The summed E-state index contributed by atoms with van der Waals surface area (Å²) in [6, 6.07) is -4.15. The lowest BCUT2D eigenvalue weighted by Crippen LogP contribution is -2.57. The first kappa shape index (κ1) is 27.5. The number of carboxylic acids is 2. The molecule has 0 aromatic rings. The van der Waals surface area contributed by atoms with Crippen LogP contribution in [0.4, 0.5) is 0 Å². The van der Waals surface area contributed by atoms with Gasteiger partial charge in [0.1, 0.15) is 12.1 Å². The zero-order valence-electron chi connectivity index (χ0n) is 16.9. The van der Waals surface area contributed by atoms with Crippen molar-refractivity contribution in [1.29, 1.82) is 0 Å². The van der Waals surface area contributed by atoms with Gasteiger partial charge in [0.25, 0.3) is 0 Å². The average molecular weight is 447 g/mol. The van der Waals surface area contributed by atoms with Gasteiger partial charge in [-0.05, 0) is 19.8 Å². The van der Waals surface area contributed by atoms with Crippen LogP contribution in [0.1, 0.15) is 26.2 Å². The summed E-state index contributed by atoms with van der Waals surface area (Å²) in [5.41, 5.74) is 16.1. The van der Waals surface area contributed by atoms with Crippen LogP contribution in [0.3, 0.4) is 0 Å². The Morgan fingerprint density at radius 3 is 2.13 bits per heavy atom. The lowest BCUT2D eigenvalue weighted by atomic mass is 10.1. The molecule has 0 aromatic heterocycles. The molecule has 0 heterocycles. The second kappa shape index (κ2) is 13.7. The van der Waals surface area contributed by atoms with Gasteiger partial charge in [0.05, 0.1) is 25.1 Å². The van der Waals surface area contributed by atoms with Crippen molar-refractivity contribution in [3.8, 4) is 0 Å². The molecule has 0 radical (unpaired) electrons. The molecule has 0 aliphatic rings. The largest absolute Gasteiger partial charge is 0.481 e. The molecule has 12 N–H and O–H groups in total. The highest BCUT2D eigenvalue weighted by molar-refractivity contribution is 5.93. The second-order valence-electron chi connectivity index (χ2n) is 6.56. The van der Waals surface area contributed by atoms with Crippen molar-refractivity contribution in [3.63, 3.8) is 0 Å². The normalized spacial score (nSPS) is 14.3. The van der Waals surface area contributed by atoms with Crippen molar-refractivity contribution in [3.05, 3.63) is 0 Å². The number of carbonyl (C=O) groups excluding carboxylic acids is 3. The molecule has 0 saturated carbocycles. The molecule has 0 aliphatic carbocycles. The van der Waals surface area contributed by atoms with E-state index in [-0.39, 0.29) is 18.9 Å². The molecule has 0 aromatic carbocycles. The molecule has 31 heavy (non-hydrogen) atoms. The molecule has 0 saturated heterocycles. The van der Waals surface area contributed by atoms with Gasteiger partial charge in [-0.2, -0.15) is 0 Å². The van der Waals surface area contributed by atoms with Crippen molar-refractivity contribution >= 4 is 35.6 Å². The molecular weight excluding hydrogens is 418 g/mol. The number of nitrogens with two attached hydrogens (primary N) is 3. The monoisotopic (exact) mass is 447 g/mol. The fourth-order valence-corrected chi connectivity index (χ4v) is 2.21. The van der Waals surface area contributed by atoms with Crippen LogP contribution in [0, 0.1) is 0 Å². The van der Waals surface area contributed by atoms with Gasteiger partial charge in [0.15, 0.2) is 5.96 Å². The number of aliphatic imine (C=N–C) groups is 1. The van der Waals surface area contributed by atoms with Crippen LogP contribution in [0.2, 0.25) is 0 Å². The third-order valence-electron chi connectivity index (χ3n) is 3.80. The summed E-state index contributed by atoms with van der Waals surface area (Å²) in [6.07, 6.45) is -1.62. The highest BCUT2D eigenvalue weighted by Crippen LogP contribution is 1.99. The van der Waals surface area contributed by atoms with Crippen molar-refractivity contribution in [2.45, 2.75) is 50.4 Å². The van der Waals surface area contributed by atoms with E-state index in [0.717, 1.165) is 0 Å². The number of hydrogen-bond donors (Lipinski definition) is 9. The van der Waals surface area contributed by atoms with Crippen molar-refractivity contribution in [2.24, 2.45) is 22.2 Å². The molecule has 15 heteroatoms. The van der Waals surface area contributed by atoms with Gasteiger partial charge in [-0.25, -0.2) is 4.79 Å². The first-order valence-corrected chi connectivity index (χ1v) is 9.16. The highest BCUT2D eigenvalue weighted by atomic mass is 16.4. The van der Waals surface area contributed by atoms with E-state index >= 15 is 0 Å². The van der Waals surface area contributed by atoms with Crippen LogP contribution in [-0.4, -0.2) is 88.3 Å². The number of amides is 3. The fraction of sp³-hybridized carbons (Fsp3) is 0.625. The zero-order chi connectivity index (χ0) is 24.1. The van der Waals surface area contributed by atoms with Crippen molar-refractivity contribution < 1.29 is 39.3 Å². The third-order valence-corrected chi connectivity index (χ3v) is 3.80. The van der Waals surface area contributed by atoms with Gasteiger partial charge in [-0.3, -0.25) is 24.2 Å². The molecule has 0 spiro atoms. The number of carboxylic acid groups (broad SMARTS) is 2. The summed E-state index contributed by atoms with van der Waals surface area (Å²) < 4.78 is 0. The molecule has 0 fully saturated rings. The van der Waals surface area contributed by atoms with Gasteiger partial charge in [0, 0.05) is 6.54 Å². The van der Waals surface area contributed by atoms with E-state index in [1.807, 2.05) is 5.32 Å². The summed E-state index contributed by atoms with van der Waals surface area (Å²) in [5, 5.41) is 33.6. The fourth-order valence-electron chi connectivity index (χ4n) is 2.21. The van der Waals surface area contributed by atoms with Crippen LogP contribution in [0.15, 0.2) is 4.99 Å². The number of hydrogen-bond acceptors (Lipinski definition) is 8. The summed E-state index contributed by atoms with van der Waals surface area (Å²) in [4.78, 5) is 61.4. The van der Waals surface area contributed by atoms with Gasteiger partial charge >= 0.3 is 11.9 Å². The number of nitrogens with one attached hydrogen (secondary N) is 3.